The summed E-state index contributed by atoms with van der Waals surface area (Å²) in [6.45, 7) is 4.45. The highest BCUT2D eigenvalue weighted by Crippen LogP contribution is 2.25. The first-order valence-electron chi connectivity index (χ1n) is 6.32. The number of hydrogen-bond donors (Lipinski definition) is 0. The Balaban J connectivity index is 2.33. The standard InChI is InChI=1S/C13H18ClNO3S2/c1-3-15(7-13(17)18-4-2)12(16)9-19-8-10-5-6-11(14)20-10/h5-6H,3-4,7-9H2,1-2H3. The van der Waals surface area contributed by atoms with Crippen LogP contribution >= 0.6 is 34.7 Å². The van der Waals surface area contributed by atoms with E-state index in [0.29, 0.717) is 18.9 Å². The van der Waals surface area contributed by atoms with E-state index >= 15 is 0 Å². The fourth-order valence-corrected chi connectivity index (χ4v) is 3.62. The lowest BCUT2D eigenvalue weighted by Crippen LogP contribution is -2.37. The number of rotatable bonds is 8. The largest absolute Gasteiger partial charge is 0.465 e. The molecule has 0 bridgehead atoms. The summed E-state index contributed by atoms with van der Waals surface area (Å²) in [4.78, 5) is 26.0. The minimum absolute atomic E-state index is 0.0224. The fraction of sp³-hybridized carbons (Fsp3) is 0.538. The number of nitrogens with zero attached hydrogens (tertiary/aromatic N) is 1. The molecular weight excluding hydrogens is 318 g/mol. The lowest BCUT2D eigenvalue weighted by atomic mass is 10.4. The molecule has 112 valence electrons. The number of amides is 1. The number of carbonyl (C=O) groups excluding carboxylic acids is 2. The van der Waals surface area contributed by atoms with Crippen LogP contribution in [0, 0.1) is 0 Å². The Kier molecular flexibility index (Phi) is 8.02. The Morgan fingerprint density at radius 2 is 2.15 bits per heavy atom. The maximum Gasteiger partial charge on any atom is 0.325 e. The van der Waals surface area contributed by atoms with E-state index in [2.05, 4.69) is 0 Å². The zero-order valence-electron chi connectivity index (χ0n) is 11.6. The molecule has 4 nitrogen and oxygen atoms in total. The van der Waals surface area contributed by atoms with Crippen LogP contribution in [-0.2, 0) is 20.1 Å². The van der Waals surface area contributed by atoms with Crippen LogP contribution in [-0.4, -0.2) is 42.2 Å². The van der Waals surface area contributed by atoms with Crippen LogP contribution in [0.2, 0.25) is 4.34 Å². The van der Waals surface area contributed by atoms with Gasteiger partial charge in [-0.1, -0.05) is 11.6 Å². The van der Waals surface area contributed by atoms with Crippen molar-refractivity contribution in [3.8, 4) is 0 Å². The van der Waals surface area contributed by atoms with Gasteiger partial charge in [-0.25, -0.2) is 0 Å². The van der Waals surface area contributed by atoms with Crippen molar-refractivity contribution in [3.05, 3.63) is 21.3 Å². The molecule has 1 heterocycles. The van der Waals surface area contributed by atoms with E-state index in [0.717, 1.165) is 15.0 Å². The van der Waals surface area contributed by atoms with Gasteiger partial charge >= 0.3 is 5.97 Å². The predicted molar refractivity (Wildman–Crippen MR) is 84.4 cm³/mol. The summed E-state index contributed by atoms with van der Waals surface area (Å²) in [7, 11) is 0. The van der Waals surface area contributed by atoms with E-state index < -0.39 is 0 Å². The summed E-state index contributed by atoms with van der Waals surface area (Å²) < 4.78 is 5.60. The molecule has 0 N–H and O–H groups in total. The minimum atomic E-state index is -0.363. The van der Waals surface area contributed by atoms with E-state index in [1.807, 2.05) is 19.1 Å². The molecule has 0 fully saturated rings. The van der Waals surface area contributed by atoms with Crippen LogP contribution in [0.15, 0.2) is 12.1 Å². The van der Waals surface area contributed by atoms with Crippen LogP contribution in [0.1, 0.15) is 18.7 Å². The summed E-state index contributed by atoms with van der Waals surface area (Å²) >= 11 is 8.88. The molecule has 0 saturated carbocycles. The van der Waals surface area contributed by atoms with Gasteiger partial charge in [-0.3, -0.25) is 9.59 Å². The van der Waals surface area contributed by atoms with Crippen molar-refractivity contribution in [1.29, 1.82) is 0 Å². The molecule has 7 heteroatoms. The van der Waals surface area contributed by atoms with Crippen molar-refractivity contribution in [3.63, 3.8) is 0 Å². The number of carbonyl (C=O) groups is 2. The highest BCUT2D eigenvalue weighted by Gasteiger charge is 2.16. The average Bonchev–Trinajstić information content (AvgIpc) is 2.82. The third-order valence-electron chi connectivity index (χ3n) is 2.46. The number of likely N-dealkylation sites (N-methyl/N-ethyl adjacent to an activating group) is 1. The second kappa shape index (κ2) is 9.26. The Morgan fingerprint density at radius 3 is 2.70 bits per heavy atom. The van der Waals surface area contributed by atoms with E-state index in [4.69, 9.17) is 16.3 Å². The van der Waals surface area contributed by atoms with Gasteiger partial charge in [0.15, 0.2) is 0 Å². The van der Waals surface area contributed by atoms with Crippen molar-refractivity contribution in [2.45, 2.75) is 19.6 Å². The Bertz CT molecular complexity index is 451. The van der Waals surface area contributed by atoms with Crippen LogP contribution in [0.4, 0.5) is 0 Å². The first-order valence-corrected chi connectivity index (χ1v) is 8.67. The molecule has 1 aromatic rings. The summed E-state index contributed by atoms with van der Waals surface area (Å²) in [6.07, 6.45) is 0. The van der Waals surface area contributed by atoms with Crippen molar-refractivity contribution in [2.75, 3.05) is 25.4 Å². The topological polar surface area (TPSA) is 46.6 Å². The summed E-state index contributed by atoms with van der Waals surface area (Å²) in [6, 6.07) is 3.81. The molecule has 0 radical (unpaired) electrons. The molecule has 0 aliphatic heterocycles. The van der Waals surface area contributed by atoms with Gasteiger partial charge in [0, 0.05) is 17.2 Å². The van der Waals surface area contributed by atoms with Crippen LogP contribution in [0.5, 0.6) is 0 Å². The quantitative estimate of drug-likeness (QED) is 0.685. The summed E-state index contributed by atoms with van der Waals surface area (Å²) in [5.41, 5.74) is 0. The van der Waals surface area contributed by atoms with E-state index in [-0.39, 0.29) is 18.4 Å². The molecule has 20 heavy (non-hydrogen) atoms. The maximum absolute atomic E-state index is 12.0. The predicted octanol–water partition coefficient (Wildman–Crippen LogP) is 3.05. The summed E-state index contributed by atoms with van der Waals surface area (Å²) in [5, 5.41) is 0. The molecule has 0 saturated heterocycles. The Labute approximate surface area is 132 Å². The van der Waals surface area contributed by atoms with Crippen LogP contribution in [0.25, 0.3) is 0 Å². The zero-order valence-corrected chi connectivity index (χ0v) is 13.9. The average molecular weight is 336 g/mol. The smallest absolute Gasteiger partial charge is 0.325 e. The Morgan fingerprint density at radius 1 is 1.40 bits per heavy atom. The third kappa shape index (κ3) is 6.15. The number of thiophene rings is 1. The van der Waals surface area contributed by atoms with Crippen molar-refractivity contribution < 1.29 is 14.3 Å². The molecule has 0 unspecified atom stereocenters. The normalized spacial score (nSPS) is 10.3. The fourth-order valence-electron chi connectivity index (χ4n) is 1.50. The van der Waals surface area contributed by atoms with Gasteiger partial charge in [0.05, 0.1) is 16.7 Å². The second-order valence-corrected chi connectivity index (χ2v) is 6.70. The lowest BCUT2D eigenvalue weighted by Gasteiger charge is -2.19. The number of esters is 1. The maximum atomic E-state index is 12.0. The first-order chi connectivity index (χ1) is 9.56. The van der Waals surface area contributed by atoms with Gasteiger partial charge in [-0.15, -0.1) is 23.1 Å². The molecule has 0 aliphatic carbocycles. The minimum Gasteiger partial charge on any atom is -0.465 e. The van der Waals surface area contributed by atoms with Crippen LogP contribution < -0.4 is 0 Å². The van der Waals surface area contributed by atoms with Crippen molar-refractivity contribution in [1.82, 2.24) is 4.90 Å². The van der Waals surface area contributed by atoms with Gasteiger partial charge in [-0.05, 0) is 26.0 Å². The molecule has 1 amide bonds. The van der Waals surface area contributed by atoms with Gasteiger partial charge in [0.25, 0.3) is 0 Å². The molecule has 0 spiro atoms. The molecule has 0 aromatic carbocycles. The highest BCUT2D eigenvalue weighted by atomic mass is 35.5. The van der Waals surface area contributed by atoms with Crippen LogP contribution in [0.3, 0.4) is 0 Å². The number of ether oxygens (including phenoxy) is 1. The number of thioether (sulfide) groups is 1. The number of hydrogen-bond acceptors (Lipinski definition) is 5. The van der Waals surface area contributed by atoms with E-state index in [1.54, 1.807) is 6.92 Å². The van der Waals surface area contributed by atoms with E-state index in [9.17, 15) is 9.59 Å². The summed E-state index contributed by atoms with van der Waals surface area (Å²) in [5.74, 6) is 0.689. The van der Waals surface area contributed by atoms with Gasteiger partial charge in [0.1, 0.15) is 6.54 Å². The second-order valence-electron chi connectivity index (χ2n) is 3.91. The highest BCUT2D eigenvalue weighted by molar-refractivity contribution is 7.99. The van der Waals surface area contributed by atoms with Crippen molar-refractivity contribution in [2.24, 2.45) is 0 Å². The monoisotopic (exact) mass is 335 g/mol. The van der Waals surface area contributed by atoms with E-state index in [1.165, 1.54) is 28.0 Å². The molecular formula is C13H18ClNO3S2. The lowest BCUT2D eigenvalue weighted by molar-refractivity contribution is -0.148. The number of halogens is 1. The molecule has 0 atom stereocenters. The molecule has 1 aromatic heterocycles. The van der Waals surface area contributed by atoms with Gasteiger partial charge < -0.3 is 9.64 Å². The molecule has 0 aliphatic rings. The first kappa shape index (κ1) is 17.3. The van der Waals surface area contributed by atoms with Gasteiger partial charge in [-0.2, -0.15) is 0 Å². The van der Waals surface area contributed by atoms with Crippen molar-refractivity contribution >= 4 is 46.6 Å². The zero-order chi connectivity index (χ0) is 15.0. The third-order valence-corrected chi connectivity index (χ3v) is 4.84. The molecule has 1 rings (SSSR count). The Hall–Kier alpha value is -0.720. The SMILES string of the molecule is CCOC(=O)CN(CC)C(=O)CSCc1ccc(Cl)s1. The van der Waals surface area contributed by atoms with Gasteiger partial charge in [0.2, 0.25) is 5.91 Å².